The van der Waals surface area contributed by atoms with E-state index in [-0.39, 0.29) is 31.5 Å². The molecule has 8 heteroatoms. The Morgan fingerprint density at radius 3 is 1.83 bits per heavy atom. The Morgan fingerprint density at radius 2 is 1.38 bits per heavy atom. The highest BCUT2D eigenvalue weighted by molar-refractivity contribution is 5.09. The van der Waals surface area contributed by atoms with Crippen molar-refractivity contribution in [3.05, 3.63) is 0 Å². The lowest BCUT2D eigenvalue weighted by atomic mass is 9.78. The summed E-state index contributed by atoms with van der Waals surface area (Å²) in [6.07, 6.45) is 0. The zero-order valence-corrected chi connectivity index (χ0v) is 14.5. The molecule has 0 amide bonds. The SMILES string of the molecule is CC(C#N)CN=NCC(C)(C#N)C(N=NCC(C)C#N)C(C)C#N. The third kappa shape index (κ3) is 6.95. The van der Waals surface area contributed by atoms with E-state index in [9.17, 15) is 10.5 Å². The Labute approximate surface area is 143 Å². The van der Waals surface area contributed by atoms with E-state index in [2.05, 4.69) is 32.6 Å². The fourth-order valence-corrected chi connectivity index (χ4v) is 1.76. The fourth-order valence-electron chi connectivity index (χ4n) is 1.76. The van der Waals surface area contributed by atoms with Gasteiger partial charge in [-0.25, -0.2) is 0 Å². The zero-order valence-electron chi connectivity index (χ0n) is 14.5. The van der Waals surface area contributed by atoms with E-state index in [1.54, 1.807) is 27.7 Å². The van der Waals surface area contributed by atoms with Gasteiger partial charge >= 0.3 is 0 Å². The first kappa shape index (κ1) is 21.2. The molecule has 0 bridgehead atoms. The molecule has 8 nitrogen and oxygen atoms in total. The van der Waals surface area contributed by atoms with Crippen LogP contribution in [0.3, 0.4) is 0 Å². The van der Waals surface area contributed by atoms with Gasteiger partial charge < -0.3 is 0 Å². The van der Waals surface area contributed by atoms with Gasteiger partial charge in [0.05, 0.1) is 61.7 Å². The molecule has 0 aromatic rings. The van der Waals surface area contributed by atoms with Gasteiger partial charge in [0.2, 0.25) is 0 Å². The molecule has 0 saturated carbocycles. The first-order valence-electron chi connectivity index (χ1n) is 7.64. The number of rotatable bonds is 9. The maximum absolute atomic E-state index is 9.54. The number of nitriles is 4. The molecule has 24 heavy (non-hydrogen) atoms. The second-order valence-corrected chi connectivity index (χ2v) is 6.02. The molecule has 0 heterocycles. The first-order valence-corrected chi connectivity index (χ1v) is 7.64. The normalized spacial score (nSPS) is 18.5. The van der Waals surface area contributed by atoms with Gasteiger partial charge in [-0.05, 0) is 27.7 Å². The molecule has 0 saturated heterocycles. The van der Waals surface area contributed by atoms with Crippen molar-refractivity contribution in [3.8, 4) is 24.3 Å². The van der Waals surface area contributed by atoms with Crippen molar-refractivity contribution in [3.63, 3.8) is 0 Å². The third-order valence-electron chi connectivity index (χ3n) is 3.44. The van der Waals surface area contributed by atoms with Crippen LogP contribution in [-0.2, 0) is 0 Å². The van der Waals surface area contributed by atoms with E-state index in [1.807, 2.05) is 12.1 Å². The molecule has 0 aliphatic rings. The van der Waals surface area contributed by atoms with E-state index in [1.165, 1.54) is 0 Å². The molecule has 0 radical (unpaired) electrons. The molecule has 0 spiro atoms. The van der Waals surface area contributed by atoms with Gasteiger partial charge in [0.25, 0.3) is 0 Å². The largest absolute Gasteiger partial charge is 0.198 e. The lowest BCUT2D eigenvalue weighted by molar-refractivity contribution is 0.297. The highest BCUT2D eigenvalue weighted by Crippen LogP contribution is 2.30. The maximum atomic E-state index is 9.54. The summed E-state index contributed by atoms with van der Waals surface area (Å²) >= 11 is 0. The van der Waals surface area contributed by atoms with Crippen LogP contribution in [0, 0.1) is 68.5 Å². The molecule has 126 valence electrons. The van der Waals surface area contributed by atoms with Crippen molar-refractivity contribution in [2.24, 2.45) is 43.6 Å². The Morgan fingerprint density at radius 1 is 0.833 bits per heavy atom. The predicted octanol–water partition coefficient (Wildman–Crippen LogP) is 3.27. The molecule has 0 N–H and O–H groups in total. The van der Waals surface area contributed by atoms with Crippen molar-refractivity contribution in [1.82, 2.24) is 0 Å². The minimum Gasteiger partial charge on any atom is -0.198 e. The fraction of sp³-hybridized carbons (Fsp3) is 0.750. The molecule has 0 rings (SSSR count). The molecule has 0 aliphatic carbocycles. The highest BCUT2D eigenvalue weighted by Gasteiger charge is 2.39. The lowest BCUT2D eigenvalue weighted by Gasteiger charge is -2.27. The van der Waals surface area contributed by atoms with E-state index < -0.39 is 17.4 Å². The van der Waals surface area contributed by atoms with Gasteiger partial charge in [0.1, 0.15) is 11.5 Å². The van der Waals surface area contributed by atoms with Crippen LogP contribution in [0.4, 0.5) is 0 Å². The summed E-state index contributed by atoms with van der Waals surface area (Å²) in [5.74, 6) is -1.07. The summed E-state index contributed by atoms with van der Waals surface area (Å²) in [6.45, 7) is 7.31. The Hall–Kier alpha value is -2.84. The van der Waals surface area contributed by atoms with Crippen LogP contribution in [0.15, 0.2) is 20.5 Å². The molecule has 5 atom stereocenters. The minimum atomic E-state index is -1.05. The van der Waals surface area contributed by atoms with Crippen molar-refractivity contribution < 1.29 is 0 Å². The van der Waals surface area contributed by atoms with E-state index >= 15 is 0 Å². The molecule has 0 fully saturated rings. The molecule has 5 unspecified atom stereocenters. The average molecular weight is 326 g/mol. The van der Waals surface area contributed by atoms with Crippen LogP contribution in [0.1, 0.15) is 27.7 Å². The van der Waals surface area contributed by atoms with Crippen molar-refractivity contribution in [1.29, 1.82) is 21.0 Å². The molecular formula is C16H22N8. The Kier molecular flexibility index (Phi) is 9.53. The zero-order chi connectivity index (χ0) is 18.6. The van der Waals surface area contributed by atoms with E-state index in [0.717, 1.165) is 0 Å². The first-order chi connectivity index (χ1) is 11.3. The summed E-state index contributed by atoms with van der Waals surface area (Å²) in [5.41, 5.74) is -1.05. The van der Waals surface area contributed by atoms with Gasteiger partial charge in [-0.15, -0.1) is 0 Å². The smallest absolute Gasteiger partial charge is 0.106 e. The van der Waals surface area contributed by atoms with E-state index in [0.29, 0.717) is 0 Å². The summed E-state index contributed by atoms with van der Waals surface area (Å²) in [7, 11) is 0. The number of hydrogen-bond donors (Lipinski definition) is 0. The minimum absolute atomic E-state index is 0.0607. The number of azo groups is 2. The molecule has 0 aliphatic heterocycles. The second-order valence-electron chi connectivity index (χ2n) is 6.02. The van der Waals surface area contributed by atoms with Crippen molar-refractivity contribution >= 4 is 0 Å². The quantitative estimate of drug-likeness (QED) is 0.598. The molecular weight excluding hydrogens is 304 g/mol. The second kappa shape index (κ2) is 10.8. The van der Waals surface area contributed by atoms with E-state index in [4.69, 9.17) is 10.5 Å². The summed E-state index contributed by atoms with van der Waals surface area (Å²) in [4.78, 5) is 0. The summed E-state index contributed by atoms with van der Waals surface area (Å²) in [5, 5.41) is 52.2. The number of hydrogen-bond acceptors (Lipinski definition) is 8. The van der Waals surface area contributed by atoms with Crippen LogP contribution in [0.2, 0.25) is 0 Å². The standard InChI is InChI=1S/C16H22N8/c1-12(5-17)8-21-23-11-16(4,10-20)15(14(3)7-19)24-22-9-13(2)6-18/h12-15H,8-9,11H2,1-4H3. The Balaban J connectivity index is 5.18. The lowest BCUT2D eigenvalue weighted by Crippen LogP contribution is -2.36. The third-order valence-corrected chi connectivity index (χ3v) is 3.44. The van der Waals surface area contributed by atoms with Crippen LogP contribution in [0.25, 0.3) is 0 Å². The number of nitrogens with zero attached hydrogens (tertiary/aromatic N) is 8. The van der Waals surface area contributed by atoms with Gasteiger partial charge in [-0.1, -0.05) is 0 Å². The van der Waals surface area contributed by atoms with Crippen molar-refractivity contribution in [2.45, 2.75) is 33.7 Å². The van der Waals surface area contributed by atoms with Crippen molar-refractivity contribution in [2.75, 3.05) is 19.6 Å². The monoisotopic (exact) mass is 326 g/mol. The van der Waals surface area contributed by atoms with Crippen LogP contribution >= 0.6 is 0 Å². The van der Waals surface area contributed by atoms with Gasteiger partial charge in [0, 0.05) is 0 Å². The van der Waals surface area contributed by atoms with Gasteiger partial charge in [-0.3, -0.25) is 0 Å². The van der Waals surface area contributed by atoms with Crippen LogP contribution in [0.5, 0.6) is 0 Å². The van der Waals surface area contributed by atoms with Crippen LogP contribution in [-0.4, -0.2) is 25.7 Å². The summed E-state index contributed by atoms with van der Waals surface area (Å²) in [6, 6.07) is 7.67. The van der Waals surface area contributed by atoms with Crippen LogP contribution < -0.4 is 0 Å². The van der Waals surface area contributed by atoms with Gasteiger partial charge in [-0.2, -0.15) is 41.5 Å². The predicted molar refractivity (Wildman–Crippen MR) is 86.2 cm³/mol. The molecule has 0 aromatic heterocycles. The average Bonchev–Trinajstić information content (AvgIpc) is 2.60. The molecule has 0 aromatic carbocycles. The topological polar surface area (TPSA) is 145 Å². The highest BCUT2D eigenvalue weighted by atomic mass is 15.1. The van der Waals surface area contributed by atoms with Gasteiger partial charge in [0.15, 0.2) is 0 Å². The Bertz CT molecular complexity index is 612. The maximum Gasteiger partial charge on any atom is 0.106 e. The summed E-state index contributed by atoms with van der Waals surface area (Å²) < 4.78 is 0.